The van der Waals surface area contributed by atoms with Crippen molar-refractivity contribution in [2.75, 3.05) is 12.3 Å². The van der Waals surface area contributed by atoms with Crippen molar-refractivity contribution in [3.05, 3.63) is 22.7 Å². The van der Waals surface area contributed by atoms with Gasteiger partial charge in [-0.3, -0.25) is 9.36 Å². The van der Waals surface area contributed by atoms with Gasteiger partial charge >= 0.3 is 11.7 Å². The summed E-state index contributed by atoms with van der Waals surface area (Å²) in [5, 5.41) is 19.1. The molecule has 0 aliphatic carbocycles. The normalized spacial score (nSPS) is 29.4. The molecule has 1 aromatic heterocycles. The highest BCUT2D eigenvalue weighted by Gasteiger charge is 2.47. The molecule has 2 rings (SSSR count). The van der Waals surface area contributed by atoms with Crippen LogP contribution in [-0.2, 0) is 14.3 Å². The first-order chi connectivity index (χ1) is 9.43. The van der Waals surface area contributed by atoms with Crippen LogP contribution >= 0.6 is 0 Å². The van der Waals surface area contributed by atoms with Crippen LogP contribution in [0.2, 0.25) is 0 Å². The van der Waals surface area contributed by atoms with E-state index >= 15 is 0 Å². The van der Waals surface area contributed by atoms with E-state index in [1.54, 1.807) is 0 Å². The maximum absolute atomic E-state index is 11.8. The molecule has 1 aliphatic heterocycles. The molecule has 0 unspecified atom stereocenters. The Morgan fingerprint density at radius 1 is 1.65 bits per heavy atom. The lowest BCUT2D eigenvalue weighted by Gasteiger charge is -2.21. The highest BCUT2D eigenvalue weighted by atomic mass is 16.6. The van der Waals surface area contributed by atoms with Crippen LogP contribution in [0, 0.1) is 0 Å². The number of nitrogens with two attached hydrogens (primary N) is 1. The van der Waals surface area contributed by atoms with Crippen LogP contribution < -0.4 is 11.4 Å². The van der Waals surface area contributed by atoms with Gasteiger partial charge in [0.25, 0.3) is 0 Å². The van der Waals surface area contributed by atoms with Crippen LogP contribution in [0.1, 0.15) is 13.2 Å². The second kappa shape index (κ2) is 5.57. The quantitative estimate of drug-likeness (QED) is 0.543. The third kappa shape index (κ3) is 2.64. The summed E-state index contributed by atoms with van der Waals surface area (Å²) in [6.45, 7) is 0.687. The van der Waals surface area contributed by atoms with Gasteiger partial charge in [0.2, 0.25) is 0 Å². The van der Waals surface area contributed by atoms with Gasteiger partial charge in [0.05, 0.1) is 6.61 Å². The molecular weight excluding hydrogens is 270 g/mol. The van der Waals surface area contributed by atoms with Gasteiger partial charge in [0.1, 0.15) is 18.0 Å². The molecule has 110 valence electrons. The van der Waals surface area contributed by atoms with Gasteiger partial charge in [-0.15, -0.1) is 0 Å². The molecule has 4 N–H and O–H groups in total. The first-order valence-corrected chi connectivity index (χ1v) is 5.90. The SMILES string of the molecule is CC(=O)O[C@@H]1[C@@H](O)[C@@H](CO)O[C@H]1n1ccc(N)nc1=O. The Balaban J connectivity index is 2.36. The van der Waals surface area contributed by atoms with Gasteiger partial charge in [-0.05, 0) is 6.07 Å². The van der Waals surface area contributed by atoms with Gasteiger partial charge in [-0.2, -0.15) is 4.98 Å². The highest BCUT2D eigenvalue weighted by Crippen LogP contribution is 2.30. The van der Waals surface area contributed by atoms with Crippen molar-refractivity contribution in [1.82, 2.24) is 9.55 Å². The van der Waals surface area contributed by atoms with E-state index in [1.807, 2.05) is 0 Å². The lowest BCUT2D eigenvalue weighted by atomic mass is 10.1. The summed E-state index contributed by atoms with van der Waals surface area (Å²) < 4.78 is 11.4. The van der Waals surface area contributed by atoms with Crippen molar-refractivity contribution in [2.24, 2.45) is 0 Å². The Morgan fingerprint density at radius 3 is 2.90 bits per heavy atom. The fourth-order valence-electron chi connectivity index (χ4n) is 2.03. The number of hydrogen-bond acceptors (Lipinski definition) is 8. The highest BCUT2D eigenvalue weighted by molar-refractivity contribution is 5.66. The summed E-state index contributed by atoms with van der Waals surface area (Å²) in [5.74, 6) is -0.606. The molecule has 9 heteroatoms. The number of anilines is 1. The molecule has 1 aromatic rings. The average Bonchev–Trinajstić information content (AvgIpc) is 2.66. The molecule has 9 nitrogen and oxygen atoms in total. The Hall–Kier alpha value is -1.97. The summed E-state index contributed by atoms with van der Waals surface area (Å²) in [6, 6.07) is 1.37. The molecule has 20 heavy (non-hydrogen) atoms. The summed E-state index contributed by atoms with van der Waals surface area (Å²) >= 11 is 0. The van der Waals surface area contributed by atoms with Crippen LogP contribution in [0.15, 0.2) is 17.1 Å². The van der Waals surface area contributed by atoms with Crippen LogP contribution in [0.3, 0.4) is 0 Å². The Bertz CT molecular complexity index is 559. The molecule has 1 fully saturated rings. The summed E-state index contributed by atoms with van der Waals surface area (Å²) in [4.78, 5) is 26.4. The van der Waals surface area contributed by atoms with Crippen molar-refractivity contribution < 1.29 is 24.5 Å². The third-order valence-electron chi connectivity index (χ3n) is 2.92. The fraction of sp³-hybridized carbons (Fsp3) is 0.545. The molecule has 0 radical (unpaired) electrons. The van der Waals surface area contributed by atoms with E-state index in [9.17, 15) is 14.7 Å². The Morgan fingerprint density at radius 2 is 2.35 bits per heavy atom. The second-order valence-electron chi connectivity index (χ2n) is 4.35. The second-order valence-corrected chi connectivity index (χ2v) is 4.35. The monoisotopic (exact) mass is 285 g/mol. The van der Waals surface area contributed by atoms with E-state index < -0.39 is 42.8 Å². The van der Waals surface area contributed by atoms with Crippen molar-refractivity contribution in [2.45, 2.75) is 31.5 Å². The van der Waals surface area contributed by atoms with E-state index in [4.69, 9.17) is 20.3 Å². The van der Waals surface area contributed by atoms with Crippen molar-refractivity contribution in [3.8, 4) is 0 Å². The zero-order valence-electron chi connectivity index (χ0n) is 10.7. The molecular formula is C11H15N3O6. The van der Waals surface area contributed by atoms with Crippen LogP contribution in [0.5, 0.6) is 0 Å². The first-order valence-electron chi connectivity index (χ1n) is 5.90. The van der Waals surface area contributed by atoms with Gasteiger partial charge in [-0.1, -0.05) is 0 Å². The number of aromatic nitrogens is 2. The zero-order chi connectivity index (χ0) is 14.9. The standard InChI is InChI=1S/C11H15N3O6/c1-5(16)19-9-8(17)6(4-15)20-10(9)14-3-2-7(12)13-11(14)18/h2-3,6,8-10,15,17H,4H2,1H3,(H2,12,13,18)/t6-,8+,9-,10-/m1/s1. The zero-order valence-corrected chi connectivity index (χ0v) is 10.7. The van der Waals surface area contributed by atoms with Crippen LogP contribution in [0.25, 0.3) is 0 Å². The van der Waals surface area contributed by atoms with Crippen molar-refractivity contribution in [1.29, 1.82) is 0 Å². The molecule has 0 spiro atoms. The number of hydrogen-bond donors (Lipinski definition) is 3. The predicted octanol–water partition coefficient (Wildman–Crippen LogP) is -1.99. The minimum atomic E-state index is -1.25. The van der Waals surface area contributed by atoms with Crippen molar-refractivity contribution in [3.63, 3.8) is 0 Å². The van der Waals surface area contributed by atoms with E-state index in [0.717, 1.165) is 4.57 Å². The van der Waals surface area contributed by atoms with Gasteiger partial charge in [0.15, 0.2) is 12.3 Å². The number of nitrogens with zero attached hydrogens (tertiary/aromatic N) is 2. The molecule has 1 aliphatic rings. The smallest absolute Gasteiger partial charge is 0.351 e. The summed E-state index contributed by atoms with van der Waals surface area (Å²) in [7, 11) is 0. The molecule has 0 bridgehead atoms. The number of nitrogen functional groups attached to an aromatic ring is 1. The number of carbonyl (C=O) groups is 1. The maximum atomic E-state index is 11.8. The molecule has 0 aromatic carbocycles. The van der Waals surface area contributed by atoms with Gasteiger partial charge in [0, 0.05) is 13.1 Å². The topological polar surface area (TPSA) is 137 Å². The number of carbonyl (C=O) groups excluding carboxylic acids is 1. The summed E-state index contributed by atoms with van der Waals surface area (Å²) in [6.07, 6.45) is -3.09. The summed E-state index contributed by atoms with van der Waals surface area (Å²) in [5.41, 5.74) is 4.67. The number of esters is 1. The molecule has 2 heterocycles. The first kappa shape index (κ1) is 14.4. The number of aliphatic hydroxyl groups is 2. The predicted molar refractivity (Wildman–Crippen MR) is 65.5 cm³/mol. The van der Waals surface area contributed by atoms with E-state index in [1.165, 1.54) is 19.2 Å². The number of ether oxygens (including phenoxy) is 2. The number of aliphatic hydroxyl groups excluding tert-OH is 2. The molecule has 0 saturated carbocycles. The maximum Gasteiger partial charge on any atom is 0.351 e. The van der Waals surface area contributed by atoms with E-state index in [-0.39, 0.29) is 5.82 Å². The molecule has 0 amide bonds. The fourth-order valence-corrected chi connectivity index (χ4v) is 2.03. The number of rotatable bonds is 3. The molecule has 4 atom stereocenters. The van der Waals surface area contributed by atoms with E-state index in [2.05, 4.69) is 4.98 Å². The Labute approximate surface area is 113 Å². The van der Waals surface area contributed by atoms with Crippen LogP contribution in [0.4, 0.5) is 5.82 Å². The van der Waals surface area contributed by atoms with E-state index in [0.29, 0.717) is 0 Å². The average molecular weight is 285 g/mol. The lowest BCUT2D eigenvalue weighted by molar-refractivity contribution is -0.156. The van der Waals surface area contributed by atoms with Crippen molar-refractivity contribution >= 4 is 11.8 Å². The molecule has 1 saturated heterocycles. The lowest BCUT2D eigenvalue weighted by Crippen LogP contribution is -2.39. The third-order valence-corrected chi connectivity index (χ3v) is 2.92. The minimum absolute atomic E-state index is 0.0348. The van der Waals surface area contributed by atoms with Crippen LogP contribution in [-0.4, -0.2) is 50.7 Å². The van der Waals surface area contributed by atoms with Gasteiger partial charge < -0.3 is 25.4 Å². The minimum Gasteiger partial charge on any atom is -0.455 e. The Kier molecular flexibility index (Phi) is 4.02. The van der Waals surface area contributed by atoms with Gasteiger partial charge in [-0.25, -0.2) is 4.79 Å². The largest absolute Gasteiger partial charge is 0.455 e.